The number of primary amides is 1. The van der Waals surface area contributed by atoms with E-state index in [2.05, 4.69) is 20.6 Å². The normalized spacial score (nSPS) is 18.2. The fourth-order valence-corrected chi connectivity index (χ4v) is 4.12. The van der Waals surface area contributed by atoms with Gasteiger partial charge in [0.2, 0.25) is 5.91 Å². The molecule has 1 aliphatic rings. The number of halogens is 2. The van der Waals surface area contributed by atoms with E-state index in [9.17, 15) is 9.18 Å². The molecule has 1 aromatic heterocycles. The van der Waals surface area contributed by atoms with Crippen molar-refractivity contribution >= 4 is 39.9 Å². The van der Waals surface area contributed by atoms with Gasteiger partial charge in [-0.05, 0) is 49.9 Å². The Morgan fingerprint density at radius 2 is 1.97 bits per heavy atom. The number of nitrogens with one attached hydrogen (secondary N) is 2. The first-order chi connectivity index (χ1) is 15.9. The van der Waals surface area contributed by atoms with Crippen LogP contribution in [0.25, 0.3) is 10.9 Å². The number of benzene rings is 2. The number of anilines is 2. The fraction of sp³-hybridized carbons (Fsp3) is 0.348. The minimum absolute atomic E-state index is 0.0138. The second-order valence-corrected chi connectivity index (χ2v) is 8.34. The zero-order valence-corrected chi connectivity index (χ0v) is 18.9. The Morgan fingerprint density at radius 3 is 2.67 bits per heavy atom. The summed E-state index contributed by atoms with van der Waals surface area (Å²) in [7, 11) is 1.58. The van der Waals surface area contributed by atoms with Gasteiger partial charge in [-0.2, -0.15) is 0 Å². The maximum absolute atomic E-state index is 13.5. The number of nitrogens with two attached hydrogens (primary N) is 1. The summed E-state index contributed by atoms with van der Waals surface area (Å²) < 4.78 is 25.4. The zero-order valence-electron chi connectivity index (χ0n) is 18.1. The predicted octanol–water partition coefficient (Wildman–Crippen LogP) is 3.94. The molecule has 3 aromatic rings. The van der Waals surface area contributed by atoms with Crippen molar-refractivity contribution in [2.45, 2.75) is 37.8 Å². The highest BCUT2D eigenvalue weighted by Gasteiger charge is 2.24. The van der Waals surface area contributed by atoms with Crippen LogP contribution in [0, 0.1) is 5.82 Å². The molecule has 174 valence electrons. The summed E-state index contributed by atoms with van der Waals surface area (Å²) in [5.74, 6) is 0.854. The molecule has 0 aliphatic heterocycles. The third kappa shape index (κ3) is 5.61. The van der Waals surface area contributed by atoms with Crippen molar-refractivity contribution in [3.05, 3.63) is 47.5 Å². The average Bonchev–Trinajstić information content (AvgIpc) is 2.81. The zero-order chi connectivity index (χ0) is 23.4. The Kier molecular flexibility index (Phi) is 7.10. The smallest absolute Gasteiger partial charge is 0.231 e. The Balaban J connectivity index is 1.54. The van der Waals surface area contributed by atoms with Crippen LogP contribution in [0.2, 0.25) is 5.02 Å². The number of amides is 1. The Morgan fingerprint density at radius 1 is 1.18 bits per heavy atom. The lowest BCUT2D eigenvalue weighted by atomic mass is 9.93. The molecule has 1 amide bonds. The molecule has 0 radical (unpaired) electrons. The quantitative estimate of drug-likeness (QED) is 0.454. The van der Waals surface area contributed by atoms with Crippen molar-refractivity contribution in [2.75, 3.05) is 19.0 Å². The second-order valence-electron chi connectivity index (χ2n) is 7.94. The number of aromatic nitrogens is 2. The number of carbonyl (C=O) groups excluding carboxylic acids is 1. The van der Waals surface area contributed by atoms with Crippen LogP contribution in [0.5, 0.6) is 11.5 Å². The van der Waals surface area contributed by atoms with Crippen LogP contribution < -0.4 is 25.8 Å². The third-order valence-corrected chi connectivity index (χ3v) is 5.93. The summed E-state index contributed by atoms with van der Waals surface area (Å²) in [6.07, 6.45) is 4.89. The molecule has 33 heavy (non-hydrogen) atoms. The lowest BCUT2D eigenvalue weighted by molar-refractivity contribution is -0.117. The second kappa shape index (κ2) is 10.2. The minimum atomic E-state index is -0.491. The average molecular weight is 474 g/mol. The molecule has 1 saturated carbocycles. The summed E-state index contributed by atoms with van der Waals surface area (Å²) in [6.45, 7) is 0.184. The van der Waals surface area contributed by atoms with E-state index in [-0.39, 0.29) is 29.6 Å². The van der Waals surface area contributed by atoms with Gasteiger partial charge in [-0.25, -0.2) is 14.4 Å². The van der Waals surface area contributed by atoms with Gasteiger partial charge in [-0.15, -0.1) is 0 Å². The highest BCUT2D eigenvalue weighted by molar-refractivity contribution is 6.31. The molecule has 0 bridgehead atoms. The van der Waals surface area contributed by atoms with Crippen LogP contribution in [0.15, 0.2) is 36.7 Å². The molecule has 0 saturated heterocycles. The maximum Gasteiger partial charge on any atom is 0.231 e. The molecule has 2 aromatic carbocycles. The SMILES string of the molecule is COc1cc2ncnc(Nc3ccc(F)c(Cl)c3)c2cc1OC1CCC(NCC(N)=O)CC1. The first-order valence-electron chi connectivity index (χ1n) is 10.7. The van der Waals surface area contributed by atoms with Crippen LogP contribution in [0.4, 0.5) is 15.9 Å². The topological polar surface area (TPSA) is 111 Å². The lowest BCUT2D eigenvalue weighted by Crippen LogP contribution is -2.40. The van der Waals surface area contributed by atoms with E-state index >= 15 is 0 Å². The van der Waals surface area contributed by atoms with Crippen molar-refractivity contribution in [2.24, 2.45) is 5.73 Å². The summed E-state index contributed by atoms with van der Waals surface area (Å²) in [5.41, 5.74) is 6.48. The number of ether oxygens (including phenoxy) is 2. The fourth-order valence-electron chi connectivity index (χ4n) is 3.94. The first-order valence-corrected chi connectivity index (χ1v) is 11.0. The number of hydrogen-bond donors (Lipinski definition) is 3. The van der Waals surface area contributed by atoms with Gasteiger partial charge in [0.15, 0.2) is 11.5 Å². The van der Waals surface area contributed by atoms with Crippen LogP contribution in [-0.2, 0) is 4.79 Å². The van der Waals surface area contributed by atoms with Crippen LogP contribution >= 0.6 is 11.6 Å². The molecule has 1 heterocycles. The molecule has 1 fully saturated rings. The summed E-state index contributed by atoms with van der Waals surface area (Å²) in [5, 5.41) is 7.09. The monoisotopic (exact) mass is 473 g/mol. The van der Waals surface area contributed by atoms with E-state index in [0.29, 0.717) is 28.5 Å². The van der Waals surface area contributed by atoms with Gasteiger partial charge < -0.3 is 25.8 Å². The van der Waals surface area contributed by atoms with Crippen LogP contribution in [0.1, 0.15) is 25.7 Å². The van der Waals surface area contributed by atoms with E-state index in [4.69, 9.17) is 26.8 Å². The van der Waals surface area contributed by atoms with E-state index in [1.165, 1.54) is 18.5 Å². The van der Waals surface area contributed by atoms with Gasteiger partial charge in [0.1, 0.15) is 18.0 Å². The van der Waals surface area contributed by atoms with Crippen LogP contribution in [-0.4, -0.2) is 41.7 Å². The largest absolute Gasteiger partial charge is 0.493 e. The van der Waals surface area contributed by atoms with Gasteiger partial charge in [-0.3, -0.25) is 4.79 Å². The minimum Gasteiger partial charge on any atom is -0.493 e. The van der Waals surface area contributed by atoms with Crippen molar-refractivity contribution < 1.29 is 18.7 Å². The number of nitrogens with zero attached hydrogens (tertiary/aromatic N) is 2. The molecular weight excluding hydrogens is 449 g/mol. The summed E-state index contributed by atoms with van der Waals surface area (Å²) in [4.78, 5) is 19.7. The lowest BCUT2D eigenvalue weighted by Gasteiger charge is -2.29. The predicted molar refractivity (Wildman–Crippen MR) is 125 cm³/mol. The van der Waals surface area contributed by atoms with Crippen molar-refractivity contribution in [3.63, 3.8) is 0 Å². The molecule has 0 unspecified atom stereocenters. The molecule has 4 N–H and O–H groups in total. The molecule has 8 nitrogen and oxygen atoms in total. The van der Waals surface area contributed by atoms with E-state index < -0.39 is 5.82 Å². The molecule has 0 atom stereocenters. The van der Waals surface area contributed by atoms with Gasteiger partial charge >= 0.3 is 0 Å². The number of hydrogen-bond acceptors (Lipinski definition) is 7. The molecule has 0 spiro atoms. The van der Waals surface area contributed by atoms with E-state index in [1.807, 2.05) is 6.07 Å². The van der Waals surface area contributed by atoms with Gasteiger partial charge in [0.25, 0.3) is 0 Å². The summed E-state index contributed by atoms with van der Waals surface area (Å²) >= 11 is 5.91. The summed E-state index contributed by atoms with van der Waals surface area (Å²) in [6, 6.07) is 8.27. The molecule has 10 heteroatoms. The van der Waals surface area contributed by atoms with Gasteiger partial charge in [0, 0.05) is 23.2 Å². The van der Waals surface area contributed by atoms with Crippen molar-refractivity contribution in [1.29, 1.82) is 0 Å². The van der Waals surface area contributed by atoms with E-state index in [0.717, 1.165) is 31.1 Å². The van der Waals surface area contributed by atoms with Gasteiger partial charge in [0.05, 0.1) is 30.3 Å². The first kappa shape index (κ1) is 23.0. The Bertz CT molecular complexity index is 1150. The molecule has 1 aliphatic carbocycles. The van der Waals surface area contributed by atoms with Crippen molar-refractivity contribution in [1.82, 2.24) is 15.3 Å². The molecular formula is C23H25ClFN5O3. The third-order valence-electron chi connectivity index (χ3n) is 5.64. The highest BCUT2D eigenvalue weighted by atomic mass is 35.5. The van der Waals surface area contributed by atoms with Crippen LogP contribution in [0.3, 0.4) is 0 Å². The number of rotatable bonds is 8. The standard InChI is InChI=1S/C23H25ClFN5O3/c1-32-20-10-19-16(23(29-12-28-19)30-14-4-7-18(25)17(24)8-14)9-21(20)33-15-5-2-13(3-6-15)27-11-22(26)31/h4,7-10,12-13,15,27H,2-3,5-6,11H2,1H3,(H2,26,31)(H,28,29,30). The Labute approximate surface area is 195 Å². The Hall–Kier alpha value is -3.17. The maximum atomic E-state index is 13.5. The number of fused-ring (bicyclic) bond motifs is 1. The van der Waals surface area contributed by atoms with Crippen molar-refractivity contribution in [3.8, 4) is 11.5 Å². The molecule has 4 rings (SSSR count). The number of carbonyl (C=O) groups is 1. The van der Waals surface area contributed by atoms with E-state index in [1.54, 1.807) is 19.2 Å². The number of methoxy groups -OCH3 is 1. The van der Waals surface area contributed by atoms with Gasteiger partial charge in [-0.1, -0.05) is 11.6 Å². The highest BCUT2D eigenvalue weighted by Crippen LogP contribution is 2.37.